The number of pyridine rings is 1. The second-order valence-corrected chi connectivity index (χ2v) is 6.70. The third-order valence-corrected chi connectivity index (χ3v) is 5.14. The third kappa shape index (κ3) is 2.19. The van der Waals surface area contributed by atoms with Crippen LogP contribution in [0.3, 0.4) is 0 Å². The highest BCUT2D eigenvalue weighted by molar-refractivity contribution is 5.79. The van der Waals surface area contributed by atoms with E-state index in [2.05, 4.69) is 15.4 Å². The van der Waals surface area contributed by atoms with Crippen molar-refractivity contribution >= 4 is 16.7 Å². The molecule has 0 spiro atoms. The number of hydrogen-bond donors (Lipinski definition) is 1. The Hall–Kier alpha value is -3.00. The lowest BCUT2D eigenvalue weighted by atomic mass is 10.1. The van der Waals surface area contributed by atoms with Gasteiger partial charge in [-0.1, -0.05) is 6.07 Å². The Kier molecular flexibility index (Phi) is 3.39. The molecule has 0 amide bonds. The van der Waals surface area contributed by atoms with Crippen LogP contribution in [0.5, 0.6) is 0 Å². The Morgan fingerprint density at radius 1 is 1.23 bits per heavy atom. The first-order chi connectivity index (χ1) is 12.7. The second-order valence-electron chi connectivity index (χ2n) is 6.70. The van der Waals surface area contributed by atoms with E-state index in [1.54, 1.807) is 28.5 Å². The van der Waals surface area contributed by atoms with E-state index in [9.17, 15) is 4.79 Å². The molecule has 1 saturated heterocycles. The monoisotopic (exact) mass is 349 g/mol. The zero-order valence-electron chi connectivity index (χ0n) is 14.5. The van der Waals surface area contributed by atoms with Crippen molar-refractivity contribution in [3.63, 3.8) is 0 Å². The van der Waals surface area contributed by atoms with E-state index in [0.29, 0.717) is 11.5 Å². The quantitative estimate of drug-likeness (QED) is 0.591. The van der Waals surface area contributed by atoms with Crippen molar-refractivity contribution in [3.05, 3.63) is 47.3 Å². The summed E-state index contributed by atoms with van der Waals surface area (Å²) < 4.78 is 5.24. The van der Waals surface area contributed by atoms with Gasteiger partial charge in [-0.15, -0.1) is 0 Å². The van der Waals surface area contributed by atoms with E-state index in [1.165, 1.54) is 0 Å². The van der Waals surface area contributed by atoms with Crippen LogP contribution >= 0.6 is 0 Å². The molecule has 1 fully saturated rings. The maximum Gasteiger partial charge on any atom is 0.330 e. The number of piperidine rings is 1. The van der Waals surface area contributed by atoms with Gasteiger partial charge in [0, 0.05) is 19.8 Å². The molecule has 4 aromatic heterocycles. The number of aryl methyl sites for hydroxylation is 1. The molecule has 1 atom stereocenters. The number of nitrogens with one attached hydrogen (secondary N) is 1. The molecule has 4 aromatic rings. The maximum absolute atomic E-state index is 12.8. The van der Waals surface area contributed by atoms with Gasteiger partial charge in [-0.2, -0.15) is 5.10 Å². The molecule has 0 unspecified atom stereocenters. The number of aromatic nitrogens is 6. The molecule has 0 saturated carbocycles. The average Bonchev–Trinajstić information content (AvgIpc) is 3.22. The number of rotatable bonds is 2. The van der Waals surface area contributed by atoms with Gasteiger partial charge in [0.25, 0.3) is 0 Å². The smallest absolute Gasteiger partial charge is 0.315 e. The van der Waals surface area contributed by atoms with Crippen molar-refractivity contribution in [2.24, 2.45) is 7.05 Å². The summed E-state index contributed by atoms with van der Waals surface area (Å²) in [5.74, 6) is 0.585. The van der Waals surface area contributed by atoms with Gasteiger partial charge in [0.1, 0.15) is 5.52 Å². The van der Waals surface area contributed by atoms with Crippen LogP contribution in [0.4, 0.5) is 0 Å². The molecule has 0 aromatic carbocycles. The summed E-state index contributed by atoms with van der Waals surface area (Å²) in [5, 5.41) is 7.74. The van der Waals surface area contributed by atoms with Crippen LogP contribution in [0.15, 0.2) is 41.6 Å². The van der Waals surface area contributed by atoms with E-state index in [1.807, 2.05) is 29.0 Å². The Morgan fingerprint density at radius 2 is 2.15 bits per heavy atom. The summed E-state index contributed by atoms with van der Waals surface area (Å²) in [6.07, 6.45) is 7.42. The molecule has 0 aliphatic carbocycles. The van der Waals surface area contributed by atoms with Crippen molar-refractivity contribution in [1.82, 2.24) is 34.0 Å². The molecule has 1 aliphatic rings. The highest BCUT2D eigenvalue weighted by atomic mass is 16.1. The van der Waals surface area contributed by atoms with Crippen molar-refractivity contribution in [1.29, 1.82) is 0 Å². The maximum atomic E-state index is 12.8. The van der Waals surface area contributed by atoms with Crippen molar-refractivity contribution < 1.29 is 0 Å². The Balaban J connectivity index is 1.73. The first kappa shape index (κ1) is 15.3. The van der Waals surface area contributed by atoms with Gasteiger partial charge < -0.3 is 5.32 Å². The summed E-state index contributed by atoms with van der Waals surface area (Å²) >= 11 is 0. The van der Waals surface area contributed by atoms with Gasteiger partial charge in [0.15, 0.2) is 11.5 Å². The summed E-state index contributed by atoms with van der Waals surface area (Å²) in [6.45, 7) is 1.79. The van der Waals surface area contributed by atoms with E-state index >= 15 is 0 Å². The second kappa shape index (κ2) is 5.77. The molecule has 5 rings (SSSR count). The predicted molar refractivity (Wildman–Crippen MR) is 98.1 cm³/mol. The van der Waals surface area contributed by atoms with Gasteiger partial charge in [-0.05, 0) is 31.5 Å². The first-order valence-corrected chi connectivity index (χ1v) is 8.81. The number of nitrogens with zero attached hydrogens (tertiary/aromatic N) is 6. The standard InChI is InChI=1S/C18H19N7O/c1-23-15-11-20-16(13-10-21-24-8-3-2-6-14(13)24)22-17(15)25(18(23)26)12-5-4-7-19-9-12/h2-3,6,8,10-12,19H,4-5,7,9H2,1H3/t12-/m0/s1. The Morgan fingerprint density at radius 3 is 3.00 bits per heavy atom. The van der Waals surface area contributed by atoms with Gasteiger partial charge >= 0.3 is 5.69 Å². The third-order valence-electron chi connectivity index (χ3n) is 5.14. The molecule has 26 heavy (non-hydrogen) atoms. The van der Waals surface area contributed by atoms with Crippen LogP contribution in [-0.4, -0.2) is 41.8 Å². The predicted octanol–water partition coefficient (Wildman–Crippen LogP) is 1.37. The van der Waals surface area contributed by atoms with Crippen LogP contribution < -0.4 is 11.0 Å². The molecule has 1 aliphatic heterocycles. The topological polar surface area (TPSA) is 82.0 Å². The average molecular weight is 349 g/mol. The highest BCUT2D eigenvalue weighted by Gasteiger charge is 2.23. The Labute approximate surface area is 149 Å². The molecule has 1 N–H and O–H groups in total. The normalized spacial score (nSPS) is 18.0. The lowest BCUT2D eigenvalue weighted by Gasteiger charge is -2.23. The Bertz CT molecular complexity index is 1160. The summed E-state index contributed by atoms with van der Waals surface area (Å²) in [6, 6.07) is 6.00. The fourth-order valence-corrected chi connectivity index (χ4v) is 3.76. The number of fused-ring (bicyclic) bond motifs is 2. The summed E-state index contributed by atoms with van der Waals surface area (Å²) in [4.78, 5) is 22.1. The largest absolute Gasteiger partial charge is 0.330 e. The summed E-state index contributed by atoms with van der Waals surface area (Å²) in [7, 11) is 1.77. The molecular formula is C18H19N7O. The number of imidazole rings is 1. The zero-order valence-corrected chi connectivity index (χ0v) is 14.5. The summed E-state index contributed by atoms with van der Waals surface area (Å²) in [5.41, 5.74) is 3.19. The van der Waals surface area contributed by atoms with E-state index in [4.69, 9.17) is 4.98 Å². The van der Waals surface area contributed by atoms with Crippen LogP contribution in [0.1, 0.15) is 18.9 Å². The molecule has 0 bridgehead atoms. The van der Waals surface area contributed by atoms with Gasteiger partial charge in [0.05, 0.1) is 29.5 Å². The fraction of sp³-hybridized carbons (Fsp3) is 0.333. The van der Waals surface area contributed by atoms with Crippen LogP contribution in [0, 0.1) is 0 Å². The first-order valence-electron chi connectivity index (χ1n) is 8.81. The van der Waals surface area contributed by atoms with Crippen LogP contribution in [0.25, 0.3) is 28.1 Å². The minimum Gasteiger partial charge on any atom is -0.315 e. The lowest BCUT2D eigenvalue weighted by Crippen LogP contribution is -2.36. The SMILES string of the molecule is Cn1c(=O)n([C@H]2CCCNC2)c2nc(-c3cnn4ccccc34)ncc21. The van der Waals surface area contributed by atoms with Gasteiger partial charge in [0.2, 0.25) is 0 Å². The minimum atomic E-state index is -0.0417. The van der Waals surface area contributed by atoms with Crippen molar-refractivity contribution in [2.45, 2.75) is 18.9 Å². The highest BCUT2D eigenvalue weighted by Crippen LogP contribution is 2.25. The van der Waals surface area contributed by atoms with E-state index in [-0.39, 0.29) is 11.7 Å². The molecule has 8 heteroatoms. The van der Waals surface area contributed by atoms with Gasteiger partial charge in [-0.25, -0.2) is 19.3 Å². The van der Waals surface area contributed by atoms with E-state index < -0.39 is 0 Å². The lowest BCUT2D eigenvalue weighted by molar-refractivity contribution is 0.368. The van der Waals surface area contributed by atoms with E-state index in [0.717, 1.165) is 42.5 Å². The molecule has 0 radical (unpaired) electrons. The molecule has 132 valence electrons. The fourth-order valence-electron chi connectivity index (χ4n) is 3.76. The zero-order chi connectivity index (χ0) is 17.7. The molecular weight excluding hydrogens is 330 g/mol. The minimum absolute atomic E-state index is 0.0417. The van der Waals surface area contributed by atoms with Crippen molar-refractivity contribution in [3.8, 4) is 11.4 Å². The van der Waals surface area contributed by atoms with Gasteiger partial charge in [-0.3, -0.25) is 9.13 Å². The number of hydrogen-bond acceptors (Lipinski definition) is 5. The molecule has 8 nitrogen and oxygen atoms in total. The van der Waals surface area contributed by atoms with Crippen molar-refractivity contribution in [2.75, 3.05) is 13.1 Å². The molecule has 5 heterocycles. The van der Waals surface area contributed by atoms with Crippen LogP contribution in [0.2, 0.25) is 0 Å². The van der Waals surface area contributed by atoms with Crippen LogP contribution in [-0.2, 0) is 7.05 Å².